The zero-order valence-electron chi connectivity index (χ0n) is 26.6. The smallest absolute Gasteiger partial charge is 0.141 e. The van der Waals surface area contributed by atoms with Gasteiger partial charge in [0.05, 0.1) is 17.4 Å². The van der Waals surface area contributed by atoms with Gasteiger partial charge in [0.1, 0.15) is 16.6 Å². The molecule has 1 aliphatic heterocycles. The maximum atomic E-state index is 13.1. The highest BCUT2D eigenvalue weighted by atomic mass is 32.1. The number of rotatable bonds is 3. The molecule has 2 fully saturated rings. The van der Waals surface area contributed by atoms with Gasteiger partial charge in [0.2, 0.25) is 0 Å². The molecule has 39 heavy (non-hydrogen) atoms. The van der Waals surface area contributed by atoms with E-state index in [4.69, 9.17) is 10.5 Å². The normalized spacial score (nSPS) is 31.9. The molecule has 3 rings (SSSR count). The van der Waals surface area contributed by atoms with Crippen LogP contribution in [0.5, 0.6) is 0 Å². The number of fused-ring (bicyclic) bond motifs is 1. The van der Waals surface area contributed by atoms with Crippen LogP contribution in [0, 0.1) is 29.1 Å². The minimum Gasteiger partial charge on any atom is -0.366 e. The van der Waals surface area contributed by atoms with E-state index in [1.54, 1.807) is 11.3 Å². The quantitative estimate of drug-likeness (QED) is 0.373. The van der Waals surface area contributed by atoms with E-state index in [1.165, 1.54) is 0 Å². The molecule has 2 aliphatic rings. The number of Topliss-reactive ketones (excluding diaryl/α,β-unsaturated/α-hetero) is 2. The summed E-state index contributed by atoms with van der Waals surface area (Å²) in [6, 6.07) is 0. The van der Waals surface area contributed by atoms with Crippen LogP contribution in [0.3, 0.4) is 0 Å². The van der Waals surface area contributed by atoms with Crippen molar-refractivity contribution in [3.63, 3.8) is 0 Å². The number of epoxide rings is 1. The summed E-state index contributed by atoms with van der Waals surface area (Å²) in [4.78, 5) is 30.1. The SMILES string of the molecule is C/C=C\c1csc(CN)n1.CC.CCC1CC(=O)CC(C)C(C)(C)C(=O)C(C)CC(C)CCCC2(C)O[C@H]2C1. The summed E-state index contributed by atoms with van der Waals surface area (Å²) in [6.45, 7) is 21.4. The summed E-state index contributed by atoms with van der Waals surface area (Å²) in [5.74, 6) is 1.74. The lowest BCUT2D eigenvalue weighted by Gasteiger charge is -2.33. The van der Waals surface area contributed by atoms with Gasteiger partial charge >= 0.3 is 0 Å². The van der Waals surface area contributed by atoms with Crippen LogP contribution in [0.15, 0.2) is 11.5 Å². The zero-order valence-corrected chi connectivity index (χ0v) is 27.5. The van der Waals surface area contributed by atoms with Gasteiger partial charge in [-0.15, -0.1) is 11.3 Å². The van der Waals surface area contributed by atoms with E-state index in [0.29, 0.717) is 48.9 Å². The van der Waals surface area contributed by atoms with Crippen LogP contribution in [0.25, 0.3) is 6.08 Å². The lowest BCUT2D eigenvalue weighted by Crippen LogP contribution is -2.37. The molecule has 2 N–H and O–H groups in total. The van der Waals surface area contributed by atoms with Gasteiger partial charge in [0.25, 0.3) is 0 Å². The van der Waals surface area contributed by atoms with Crippen LogP contribution in [0.4, 0.5) is 0 Å². The molecule has 1 aromatic heterocycles. The third kappa shape index (κ3) is 11.2. The second-order valence-electron chi connectivity index (χ2n) is 12.4. The summed E-state index contributed by atoms with van der Waals surface area (Å²) in [5.41, 5.74) is 5.97. The first-order chi connectivity index (χ1) is 18.4. The zero-order chi connectivity index (χ0) is 29.8. The van der Waals surface area contributed by atoms with E-state index in [-0.39, 0.29) is 17.4 Å². The molecule has 0 radical (unpaired) electrons. The number of carbonyl (C=O) groups is 2. The van der Waals surface area contributed by atoms with Crippen molar-refractivity contribution in [3.05, 3.63) is 22.2 Å². The van der Waals surface area contributed by atoms with Gasteiger partial charge in [-0.05, 0) is 56.9 Å². The van der Waals surface area contributed by atoms with Gasteiger partial charge < -0.3 is 10.5 Å². The van der Waals surface area contributed by atoms with Crippen molar-refractivity contribution >= 4 is 29.0 Å². The summed E-state index contributed by atoms with van der Waals surface area (Å²) >= 11 is 1.60. The second kappa shape index (κ2) is 16.8. The van der Waals surface area contributed by atoms with Crippen LogP contribution in [-0.4, -0.2) is 28.3 Å². The van der Waals surface area contributed by atoms with Crippen LogP contribution >= 0.6 is 11.3 Å². The third-order valence-corrected chi connectivity index (χ3v) is 9.62. The van der Waals surface area contributed by atoms with E-state index in [1.807, 2.05) is 52.2 Å². The third-order valence-electron chi connectivity index (χ3n) is 8.73. The first kappa shape index (κ1) is 35.7. The van der Waals surface area contributed by atoms with E-state index >= 15 is 0 Å². The molecule has 224 valence electrons. The highest BCUT2D eigenvalue weighted by molar-refractivity contribution is 7.09. The van der Waals surface area contributed by atoms with Crippen molar-refractivity contribution in [2.75, 3.05) is 0 Å². The van der Waals surface area contributed by atoms with Crippen LogP contribution in [0.1, 0.15) is 131 Å². The summed E-state index contributed by atoms with van der Waals surface area (Å²) < 4.78 is 6.06. The van der Waals surface area contributed by atoms with E-state index in [9.17, 15) is 9.59 Å². The molecule has 1 aliphatic carbocycles. The highest BCUT2D eigenvalue weighted by Gasteiger charge is 2.51. The van der Waals surface area contributed by atoms with E-state index < -0.39 is 5.41 Å². The van der Waals surface area contributed by atoms with Crippen molar-refractivity contribution in [3.8, 4) is 0 Å². The first-order valence-electron chi connectivity index (χ1n) is 15.4. The van der Waals surface area contributed by atoms with E-state index in [0.717, 1.165) is 49.2 Å². The molecule has 0 amide bonds. The number of nitrogens with zero attached hydrogens (tertiary/aromatic N) is 1. The number of nitrogens with two attached hydrogens (primary N) is 1. The van der Waals surface area contributed by atoms with Gasteiger partial charge in [-0.1, -0.05) is 80.7 Å². The number of aromatic nitrogens is 1. The molecule has 0 aromatic carbocycles. The molecule has 1 saturated heterocycles. The topological polar surface area (TPSA) is 85.6 Å². The van der Waals surface area contributed by atoms with Gasteiger partial charge in [0.15, 0.2) is 0 Å². The Balaban J connectivity index is 0.000000528. The van der Waals surface area contributed by atoms with Crippen molar-refractivity contribution in [2.24, 2.45) is 34.8 Å². The van der Waals surface area contributed by atoms with Crippen LogP contribution in [0.2, 0.25) is 0 Å². The number of allylic oxidation sites excluding steroid dienone is 1. The van der Waals surface area contributed by atoms with Crippen LogP contribution < -0.4 is 5.73 Å². The maximum absolute atomic E-state index is 13.1. The minimum absolute atomic E-state index is 0.0178. The Morgan fingerprint density at radius 3 is 2.36 bits per heavy atom. The Hall–Kier alpha value is -1.37. The number of hydrogen-bond acceptors (Lipinski definition) is 6. The maximum Gasteiger partial charge on any atom is 0.141 e. The van der Waals surface area contributed by atoms with Crippen LogP contribution in [-0.2, 0) is 20.9 Å². The Bertz CT molecular complexity index is 909. The molecule has 0 spiro atoms. The lowest BCUT2D eigenvalue weighted by molar-refractivity contribution is -0.135. The van der Waals surface area contributed by atoms with Gasteiger partial charge in [-0.25, -0.2) is 4.98 Å². The molecule has 1 saturated carbocycles. The number of hydrogen-bond donors (Lipinski definition) is 1. The highest BCUT2D eigenvalue weighted by Crippen LogP contribution is 2.45. The monoisotopic (exact) mass is 562 g/mol. The number of ether oxygens (including phenoxy) is 1. The predicted molar refractivity (Wildman–Crippen MR) is 167 cm³/mol. The Labute approximate surface area is 243 Å². The fourth-order valence-electron chi connectivity index (χ4n) is 5.68. The number of ketones is 2. The molecule has 2 heterocycles. The fourth-order valence-corrected chi connectivity index (χ4v) is 6.32. The summed E-state index contributed by atoms with van der Waals surface area (Å²) in [5, 5.41) is 3.00. The van der Waals surface area contributed by atoms with Gasteiger partial charge in [-0.3, -0.25) is 9.59 Å². The molecule has 1 aromatic rings. The molecule has 6 heteroatoms. The molecule has 6 atom stereocenters. The summed E-state index contributed by atoms with van der Waals surface area (Å²) in [6.07, 6.45) is 11.8. The van der Waals surface area contributed by atoms with Crippen molar-refractivity contribution in [1.29, 1.82) is 0 Å². The van der Waals surface area contributed by atoms with Crippen molar-refractivity contribution < 1.29 is 14.3 Å². The molecular formula is C33H58N2O3S. The molecule has 5 nitrogen and oxygen atoms in total. The van der Waals surface area contributed by atoms with E-state index in [2.05, 4.69) is 39.6 Å². The summed E-state index contributed by atoms with van der Waals surface area (Å²) in [7, 11) is 0. The number of carbonyl (C=O) groups excluding carboxylic acids is 2. The van der Waals surface area contributed by atoms with Crippen molar-refractivity contribution in [2.45, 2.75) is 139 Å². The fraction of sp³-hybridized carbons (Fsp3) is 0.788. The second-order valence-corrected chi connectivity index (χ2v) is 13.3. The first-order valence-corrected chi connectivity index (χ1v) is 16.2. The number of thiazole rings is 1. The minimum atomic E-state index is -0.439. The molecule has 0 bridgehead atoms. The Kier molecular flexibility index (Phi) is 15.3. The standard InChI is InChI=1S/C24H42O3.C7H10N2S.C2H6/c1-8-19-14-20(25)13-18(4)23(5,6)22(26)17(3)12-16(2)10-9-11-24(7)21(15-19)27-24;1-2-3-6-5-10-7(4-8)9-6;1-2/h16-19,21H,8-15H2,1-7H3;2-3,5H,4,8H2,1H3;1-2H3/b;3-2-;/t16?,17?,18?,19?,21-,24?;;/m0../s1. The molecule has 5 unspecified atom stereocenters. The van der Waals surface area contributed by atoms with Gasteiger partial charge in [0, 0.05) is 36.1 Å². The average Bonchev–Trinajstić information content (AvgIpc) is 3.30. The van der Waals surface area contributed by atoms with Gasteiger partial charge in [-0.2, -0.15) is 0 Å². The molecular weight excluding hydrogens is 504 g/mol. The largest absolute Gasteiger partial charge is 0.366 e. The lowest BCUT2D eigenvalue weighted by atomic mass is 9.69. The Morgan fingerprint density at radius 2 is 1.79 bits per heavy atom. The average molecular weight is 563 g/mol. The van der Waals surface area contributed by atoms with Crippen molar-refractivity contribution in [1.82, 2.24) is 4.98 Å². The predicted octanol–water partition coefficient (Wildman–Crippen LogP) is 8.65. The Morgan fingerprint density at radius 1 is 1.13 bits per heavy atom.